The topological polar surface area (TPSA) is 96.8 Å². The Morgan fingerprint density at radius 3 is 3.17 bits per heavy atom. The van der Waals surface area contributed by atoms with Crippen LogP contribution in [-0.2, 0) is 25.6 Å². The van der Waals surface area contributed by atoms with Crippen molar-refractivity contribution in [3.05, 3.63) is 24.3 Å². The SMILES string of the molecule is CC(OCC1CCCO1)C(=O)OCc1nc(-c2ccco2)no1. The van der Waals surface area contributed by atoms with E-state index >= 15 is 0 Å². The van der Waals surface area contributed by atoms with Crippen LogP contribution in [0.25, 0.3) is 11.6 Å². The maximum Gasteiger partial charge on any atom is 0.335 e. The third-order valence-electron chi connectivity index (χ3n) is 3.44. The summed E-state index contributed by atoms with van der Waals surface area (Å²) in [5.74, 6) is 0.500. The summed E-state index contributed by atoms with van der Waals surface area (Å²) in [6, 6.07) is 3.43. The van der Waals surface area contributed by atoms with Gasteiger partial charge in [-0.15, -0.1) is 0 Å². The van der Waals surface area contributed by atoms with E-state index in [0.717, 1.165) is 19.4 Å². The normalized spacial score (nSPS) is 18.9. The fourth-order valence-electron chi connectivity index (χ4n) is 2.17. The minimum atomic E-state index is -0.674. The Kier molecular flexibility index (Phi) is 5.04. The van der Waals surface area contributed by atoms with Gasteiger partial charge in [-0.2, -0.15) is 4.98 Å². The molecule has 0 aromatic carbocycles. The zero-order chi connectivity index (χ0) is 16.1. The summed E-state index contributed by atoms with van der Waals surface area (Å²) < 4.78 is 26.1. The summed E-state index contributed by atoms with van der Waals surface area (Å²) >= 11 is 0. The smallest absolute Gasteiger partial charge is 0.335 e. The minimum Gasteiger partial charge on any atom is -0.461 e. The lowest BCUT2D eigenvalue weighted by molar-refractivity contribution is -0.160. The van der Waals surface area contributed by atoms with Gasteiger partial charge in [0.1, 0.15) is 0 Å². The van der Waals surface area contributed by atoms with Gasteiger partial charge < -0.3 is 23.2 Å². The second-order valence-corrected chi connectivity index (χ2v) is 5.21. The van der Waals surface area contributed by atoms with Crippen molar-refractivity contribution < 1.29 is 27.9 Å². The van der Waals surface area contributed by atoms with Crippen molar-refractivity contribution in [3.63, 3.8) is 0 Å². The van der Waals surface area contributed by atoms with Crippen molar-refractivity contribution in [2.75, 3.05) is 13.2 Å². The fraction of sp³-hybridized carbons (Fsp3) is 0.533. The first kappa shape index (κ1) is 15.7. The van der Waals surface area contributed by atoms with E-state index in [1.165, 1.54) is 6.26 Å². The molecule has 1 fully saturated rings. The van der Waals surface area contributed by atoms with Gasteiger partial charge in [-0.3, -0.25) is 0 Å². The Bertz CT molecular complexity index is 618. The van der Waals surface area contributed by atoms with Crippen LogP contribution in [0.15, 0.2) is 27.3 Å². The van der Waals surface area contributed by atoms with Crippen LogP contribution in [0.1, 0.15) is 25.7 Å². The lowest BCUT2D eigenvalue weighted by Gasteiger charge is -2.14. The highest BCUT2D eigenvalue weighted by Crippen LogP contribution is 2.16. The number of rotatable bonds is 7. The maximum absolute atomic E-state index is 11.9. The summed E-state index contributed by atoms with van der Waals surface area (Å²) in [6.45, 7) is 2.67. The van der Waals surface area contributed by atoms with Crippen LogP contribution in [-0.4, -0.2) is 41.5 Å². The third-order valence-corrected chi connectivity index (χ3v) is 3.44. The number of furan rings is 1. The summed E-state index contributed by atoms with van der Waals surface area (Å²) in [4.78, 5) is 15.9. The van der Waals surface area contributed by atoms with Crippen molar-refractivity contribution in [3.8, 4) is 11.6 Å². The molecule has 0 aliphatic carbocycles. The van der Waals surface area contributed by atoms with Crippen molar-refractivity contribution in [2.24, 2.45) is 0 Å². The van der Waals surface area contributed by atoms with Gasteiger partial charge in [-0.25, -0.2) is 4.79 Å². The zero-order valence-electron chi connectivity index (χ0n) is 12.8. The quantitative estimate of drug-likeness (QED) is 0.714. The van der Waals surface area contributed by atoms with Gasteiger partial charge in [0.15, 0.2) is 18.5 Å². The number of nitrogens with zero attached hydrogens (tertiary/aromatic N) is 2. The molecule has 0 radical (unpaired) electrons. The largest absolute Gasteiger partial charge is 0.461 e. The van der Waals surface area contributed by atoms with Crippen LogP contribution in [0.2, 0.25) is 0 Å². The van der Waals surface area contributed by atoms with Gasteiger partial charge in [-0.05, 0) is 31.9 Å². The molecule has 2 atom stereocenters. The number of carbonyl (C=O) groups excluding carboxylic acids is 1. The Hall–Kier alpha value is -2.19. The average Bonchev–Trinajstić information content (AvgIpc) is 3.32. The zero-order valence-corrected chi connectivity index (χ0v) is 12.8. The molecule has 3 heterocycles. The van der Waals surface area contributed by atoms with E-state index in [-0.39, 0.29) is 18.6 Å². The van der Waals surface area contributed by atoms with Crippen LogP contribution in [0.4, 0.5) is 0 Å². The van der Waals surface area contributed by atoms with Crippen LogP contribution >= 0.6 is 0 Å². The van der Waals surface area contributed by atoms with E-state index in [4.69, 9.17) is 23.2 Å². The van der Waals surface area contributed by atoms with Crippen LogP contribution in [0.3, 0.4) is 0 Å². The Morgan fingerprint density at radius 2 is 2.43 bits per heavy atom. The maximum atomic E-state index is 11.9. The molecular formula is C15H18N2O6. The summed E-state index contributed by atoms with van der Waals surface area (Å²) in [5.41, 5.74) is 0. The predicted molar refractivity (Wildman–Crippen MR) is 76.2 cm³/mol. The second kappa shape index (κ2) is 7.38. The standard InChI is InChI=1S/C15H18N2O6/c1-10(21-8-11-4-2-6-19-11)15(18)22-9-13-16-14(17-23-13)12-5-3-7-20-12/h3,5,7,10-11H,2,4,6,8-9H2,1H3. The lowest BCUT2D eigenvalue weighted by atomic mass is 10.2. The highest BCUT2D eigenvalue weighted by Gasteiger charge is 2.21. The number of ether oxygens (including phenoxy) is 3. The van der Waals surface area contributed by atoms with E-state index in [9.17, 15) is 4.79 Å². The van der Waals surface area contributed by atoms with Crippen molar-refractivity contribution >= 4 is 5.97 Å². The first-order valence-electron chi connectivity index (χ1n) is 7.48. The minimum absolute atomic E-state index is 0.0667. The number of hydrogen-bond acceptors (Lipinski definition) is 8. The third kappa shape index (κ3) is 4.17. The van der Waals surface area contributed by atoms with E-state index < -0.39 is 12.1 Å². The van der Waals surface area contributed by atoms with Crippen LogP contribution in [0.5, 0.6) is 0 Å². The predicted octanol–water partition coefficient (Wildman–Crippen LogP) is 1.96. The molecule has 3 rings (SSSR count). The summed E-state index contributed by atoms with van der Waals surface area (Å²) in [7, 11) is 0. The molecule has 23 heavy (non-hydrogen) atoms. The van der Waals surface area contributed by atoms with Gasteiger partial charge >= 0.3 is 5.97 Å². The van der Waals surface area contributed by atoms with E-state index in [0.29, 0.717) is 18.2 Å². The fourth-order valence-corrected chi connectivity index (χ4v) is 2.17. The molecule has 8 heteroatoms. The molecule has 2 unspecified atom stereocenters. The molecule has 2 aromatic rings. The van der Waals surface area contributed by atoms with E-state index in [2.05, 4.69) is 10.1 Å². The number of aromatic nitrogens is 2. The van der Waals surface area contributed by atoms with Gasteiger partial charge in [0.05, 0.1) is 19.0 Å². The van der Waals surface area contributed by atoms with Crippen LogP contribution in [0, 0.1) is 0 Å². The molecule has 124 valence electrons. The highest BCUT2D eigenvalue weighted by atomic mass is 16.6. The van der Waals surface area contributed by atoms with Gasteiger partial charge in [0, 0.05) is 6.61 Å². The molecule has 0 spiro atoms. The molecule has 0 amide bonds. The Balaban J connectivity index is 1.43. The number of esters is 1. The van der Waals surface area contributed by atoms with Gasteiger partial charge in [0.2, 0.25) is 5.82 Å². The molecule has 8 nitrogen and oxygen atoms in total. The van der Waals surface area contributed by atoms with Crippen LogP contribution < -0.4 is 0 Å². The van der Waals surface area contributed by atoms with E-state index in [1.807, 2.05) is 0 Å². The molecule has 0 N–H and O–H groups in total. The van der Waals surface area contributed by atoms with Gasteiger partial charge in [0.25, 0.3) is 5.89 Å². The van der Waals surface area contributed by atoms with Crippen molar-refractivity contribution in [1.82, 2.24) is 10.1 Å². The van der Waals surface area contributed by atoms with E-state index in [1.54, 1.807) is 19.1 Å². The molecule has 0 bridgehead atoms. The summed E-state index contributed by atoms with van der Waals surface area (Å²) in [5, 5.41) is 3.75. The number of carbonyl (C=O) groups is 1. The Morgan fingerprint density at radius 1 is 1.52 bits per heavy atom. The molecule has 1 saturated heterocycles. The average molecular weight is 322 g/mol. The molecule has 2 aromatic heterocycles. The molecule has 1 aliphatic heterocycles. The Labute approximate surface area is 132 Å². The molecular weight excluding hydrogens is 304 g/mol. The highest BCUT2D eigenvalue weighted by molar-refractivity contribution is 5.74. The van der Waals surface area contributed by atoms with Crippen molar-refractivity contribution in [2.45, 2.75) is 38.6 Å². The van der Waals surface area contributed by atoms with Gasteiger partial charge in [-0.1, -0.05) is 5.16 Å². The molecule has 0 saturated carbocycles. The summed E-state index contributed by atoms with van der Waals surface area (Å²) in [6.07, 6.45) is 2.89. The molecule has 1 aliphatic rings. The second-order valence-electron chi connectivity index (χ2n) is 5.21. The lowest BCUT2D eigenvalue weighted by Crippen LogP contribution is -2.27. The first-order valence-corrected chi connectivity index (χ1v) is 7.48. The monoisotopic (exact) mass is 322 g/mol. The first-order chi connectivity index (χ1) is 11.2. The number of hydrogen-bond donors (Lipinski definition) is 0. The van der Waals surface area contributed by atoms with Crippen molar-refractivity contribution in [1.29, 1.82) is 0 Å².